The lowest BCUT2D eigenvalue weighted by molar-refractivity contribution is 0.0589. The van der Waals surface area contributed by atoms with Gasteiger partial charge in [0.25, 0.3) is 0 Å². The number of furan rings is 1. The number of aryl methyl sites for hydroxylation is 1. The number of hydrogen-bond donors (Lipinski definition) is 0. The minimum absolute atomic E-state index is 0.152. The van der Waals surface area contributed by atoms with Gasteiger partial charge in [-0.3, -0.25) is 0 Å². The molecule has 0 unspecified atom stereocenters. The van der Waals surface area contributed by atoms with Gasteiger partial charge in [0.2, 0.25) is 0 Å². The Kier molecular flexibility index (Phi) is 3.73. The highest BCUT2D eigenvalue weighted by atomic mass is 16.5. The van der Waals surface area contributed by atoms with Crippen molar-refractivity contribution in [1.29, 1.82) is 0 Å². The molecule has 2 aromatic heterocycles. The van der Waals surface area contributed by atoms with Gasteiger partial charge < -0.3 is 18.3 Å². The molecule has 0 saturated carbocycles. The molecule has 0 atom stereocenters. The Bertz CT molecular complexity index is 1310. The first-order valence-electron chi connectivity index (χ1n) is 8.05. The molecular formula is C20H14O7. The van der Waals surface area contributed by atoms with Crippen molar-refractivity contribution in [3.05, 3.63) is 57.4 Å². The molecule has 0 N–H and O–H groups in total. The van der Waals surface area contributed by atoms with Crippen LogP contribution in [-0.2, 0) is 9.47 Å². The quantitative estimate of drug-likeness (QED) is 0.395. The number of methoxy groups -OCH3 is 2. The Balaban J connectivity index is 2.30. The third kappa shape index (κ3) is 2.39. The van der Waals surface area contributed by atoms with Gasteiger partial charge in [0, 0.05) is 16.8 Å². The Morgan fingerprint density at radius 1 is 0.852 bits per heavy atom. The molecule has 0 aliphatic heterocycles. The Hall–Kier alpha value is -3.61. The van der Waals surface area contributed by atoms with Crippen LogP contribution in [0.1, 0.15) is 26.3 Å². The van der Waals surface area contributed by atoms with E-state index in [4.69, 9.17) is 18.3 Å². The van der Waals surface area contributed by atoms with Gasteiger partial charge in [-0.2, -0.15) is 0 Å². The number of carbonyl (C=O) groups excluding carboxylic acids is 2. The molecule has 27 heavy (non-hydrogen) atoms. The van der Waals surface area contributed by atoms with Gasteiger partial charge in [0.15, 0.2) is 5.58 Å². The fraction of sp³-hybridized carbons (Fsp3) is 0.150. The minimum atomic E-state index is -0.614. The van der Waals surface area contributed by atoms with Crippen LogP contribution in [0.3, 0.4) is 0 Å². The van der Waals surface area contributed by atoms with E-state index in [1.165, 1.54) is 32.4 Å². The van der Waals surface area contributed by atoms with Gasteiger partial charge >= 0.3 is 17.6 Å². The minimum Gasteiger partial charge on any atom is -0.465 e. The van der Waals surface area contributed by atoms with Crippen LogP contribution in [0.5, 0.6) is 0 Å². The van der Waals surface area contributed by atoms with Crippen molar-refractivity contribution in [2.24, 2.45) is 0 Å². The Labute approximate surface area is 152 Å². The van der Waals surface area contributed by atoms with E-state index in [1.54, 1.807) is 19.1 Å². The first-order chi connectivity index (χ1) is 13.0. The van der Waals surface area contributed by atoms with E-state index < -0.39 is 17.6 Å². The summed E-state index contributed by atoms with van der Waals surface area (Å²) in [5.41, 5.74) is 1.36. The lowest BCUT2D eigenvalue weighted by Crippen LogP contribution is -2.06. The number of ether oxygens (including phenoxy) is 2. The number of benzene rings is 2. The monoisotopic (exact) mass is 366 g/mol. The van der Waals surface area contributed by atoms with Crippen molar-refractivity contribution >= 4 is 44.8 Å². The van der Waals surface area contributed by atoms with Gasteiger partial charge in [-0.25, -0.2) is 14.4 Å². The zero-order chi connectivity index (χ0) is 19.3. The van der Waals surface area contributed by atoms with Gasteiger partial charge in [0.1, 0.15) is 16.7 Å². The lowest BCUT2D eigenvalue weighted by atomic mass is 10.0. The summed E-state index contributed by atoms with van der Waals surface area (Å²) in [5.74, 6) is -1.22. The van der Waals surface area contributed by atoms with Crippen LogP contribution in [0.25, 0.3) is 32.9 Å². The topological polar surface area (TPSA) is 96.0 Å². The molecule has 0 bridgehead atoms. The lowest BCUT2D eigenvalue weighted by Gasteiger charge is -2.05. The Morgan fingerprint density at radius 2 is 1.52 bits per heavy atom. The van der Waals surface area contributed by atoms with Crippen LogP contribution in [0, 0.1) is 6.92 Å². The molecule has 0 amide bonds. The number of hydrogen-bond acceptors (Lipinski definition) is 7. The first-order valence-corrected chi connectivity index (χ1v) is 8.05. The summed E-state index contributed by atoms with van der Waals surface area (Å²) in [6.45, 7) is 1.79. The standard InChI is InChI=1S/C20H14O7/c1-9-8-14(21)27-17-10(9)6-7-13-16(17)15-11(19(22)24-2)4-5-12(18(15)26-13)20(23)25-3/h4-8H,1-3H3. The van der Waals surface area contributed by atoms with Crippen LogP contribution in [0.4, 0.5) is 0 Å². The van der Waals surface area contributed by atoms with Crippen LogP contribution >= 0.6 is 0 Å². The summed E-state index contributed by atoms with van der Waals surface area (Å²) in [7, 11) is 2.51. The van der Waals surface area contributed by atoms with E-state index in [1.807, 2.05) is 0 Å². The maximum Gasteiger partial charge on any atom is 0.341 e. The van der Waals surface area contributed by atoms with Crippen LogP contribution < -0.4 is 5.63 Å². The highest BCUT2D eigenvalue weighted by Gasteiger charge is 2.25. The van der Waals surface area contributed by atoms with Gasteiger partial charge in [-0.05, 0) is 36.8 Å². The molecule has 7 nitrogen and oxygen atoms in total. The van der Waals surface area contributed by atoms with Gasteiger partial charge in [0.05, 0.1) is 25.2 Å². The summed E-state index contributed by atoms with van der Waals surface area (Å²) in [4.78, 5) is 36.4. The molecule has 136 valence electrons. The summed E-state index contributed by atoms with van der Waals surface area (Å²) >= 11 is 0. The number of rotatable bonds is 2. The normalized spacial score (nSPS) is 11.2. The molecule has 0 saturated heterocycles. The fourth-order valence-electron chi connectivity index (χ4n) is 3.29. The molecule has 2 aromatic carbocycles. The predicted molar refractivity (Wildman–Crippen MR) is 97.2 cm³/mol. The number of fused-ring (bicyclic) bond motifs is 5. The molecule has 0 aliphatic rings. The molecule has 7 heteroatoms. The second-order valence-electron chi connectivity index (χ2n) is 6.01. The smallest absolute Gasteiger partial charge is 0.341 e. The molecule has 0 spiro atoms. The molecule has 0 fully saturated rings. The summed E-state index contributed by atoms with van der Waals surface area (Å²) in [5, 5.41) is 1.46. The maximum atomic E-state index is 12.3. The van der Waals surface area contributed by atoms with E-state index in [2.05, 4.69) is 0 Å². The zero-order valence-electron chi connectivity index (χ0n) is 14.7. The van der Waals surface area contributed by atoms with E-state index in [0.717, 1.165) is 5.56 Å². The summed E-state index contributed by atoms with van der Waals surface area (Å²) in [6, 6.07) is 7.74. The van der Waals surface area contributed by atoms with Gasteiger partial charge in [-0.1, -0.05) is 0 Å². The highest BCUT2D eigenvalue weighted by molar-refractivity contribution is 6.24. The van der Waals surface area contributed by atoms with Crippen molar-refractivity contribution in [3.8, 4) is 0 Å². The third-order valence-electron chi connectivity index (χ3n) is 4.51. The second-order valence-corrected chi connectivity index (χ2v) is 6.01. The van der Waals surface area contributed by atoms with Crippen molar-refractivity contribution < 1.29 is 27.9 Å². The van der Waals surface area contributed by atoms with Crippen LogP contribution in [0.2, 0.25) is 0 Å². The Morgan fingerprint density at radius 3 is 2.22 bits per heavy atom. The molecule has 2 heterocycles. The molecule has 4 aromatic rings. The second kappa shape index (κ2) is 5.98. The van der Waals surface area contributed by atoms with Gasteiger partial charge in [-0.15, -0.1) is 0 Å². The molecule has 4 rings (SSSR count). The average Bonchev–Trinajstić information content (AvgIpc) is 3.05. The van der Waals surface area contributed by atoms with E-state index in [9.17, 15) is 14.4 Å². The van der Waals surface area contributed by atoms with Crippen molar-refractivity contribution in [2.45, 2.75) is 6.92 Å². The van der Waals surface area contributed by atoms with Crippen molar-refractivity contribution in [2.75, 3.05) is 14.2 Å². The van der Waals surface area contributed by atoms with Crippen LogP contribution in [-0.4, -0.2) is 26.2 Å². The third-order valence-corrected chi connectivity index (χ3v) is 4.51. The zero-order valence-corrected chi connectivity index (χ0v) is 14.7. The predicted octanol–water partition coefficient (Wildman–Crippen LogP) is 3.57. The number of esters is 2. The molecule has 0 radical (unpaired) electrons. The largest absolute Gasteiger partial charge is 0.465 e. The van der Waals surface area contributed by atoms with E-state index in [-0.39, 0.29) is 22.3 Å². The average molecular weight is 366 g/mol. The van der Waals surface area contributed by atoms with E-state index in [0.29, 0.717) is 21.7 Å². The van der Waals surface area contributed by atoms with Crippen molar-refractivity contribution in [1.82, 2.24) is 0 Å². The number of carbonyl (C=O) groups is 2. The first kappa shape index (κ1) is 16.8. The summed E-state index contributed by atoms with van der Waals surface area (Å²) < 4.78 is 21.0. The maximum absolute atomic E-state index is 12.3. The SMILES string of the molecule is COC(=O)c1ccc(C(=O)OC)c2c1oc1ccc3c(C)cc(=O)oc3c12. The van der Waals surface area contributed by atoms with E-state index >= 15 is 0 Å². The van der Waals surface area contributed by atoms with Crippen molar-refractivity contribution in [3.63, 3.8) is 0 Å². The highest BCUT2D eigenvalue weighted by Crippen LogP contribution is 2.38. The molecular weight excluding hydrogens is 352 g/mol. The van der Waals surface area contributed by atoms with Crippen LogP contribution in [0.15, 0.2) is 44.0 Å². The summed E-state index contributed by atoms with van der Waals surface area (Å²) in [6.07, 6.45) is 0. The molecule has 0 aliphatic carbocycles. The fourth-order valence-corrected chi connectivity index (χ4v) is 3.29.